The van der Waals surface area contributed by atoms with Gasteiger partial charge in [0.15, 0.2) is 5.82 Å². The molecule has 1 aromatic heterocycles. The van der Waals surface area contributed by atoms with Gasteiger partial charge in [-0.25, -0.2) is 9.98 Å². The van der Waals surface area contributed by atoms with Crippen LogP contribution in [-0.2, 0) is 0 Å². The minimum absolute atomic E-state index is 0.126. The van der Waals surface area contributed by atoms with Gasteiger partial charge in [0.2, 0.25) is 5.82 Å². The van der Waals surface area contributed by atoms with E-state index in [-0.39, 0.29) is 12.0 Å². The Hall–Kier alpha value is -3.32. The summed E-state index contributed by atoms with van der Waals surface area (Å²) < 4.78 is 0. The van der Waals surface area contributed by atoms with Crippen LogP contribution < -0.4 is 4.90 Å². The van der Waals surface area contributed by atoms with Crippen molar-refractivity contribution in [1.29, 1.82) is 0 Å². The van der Waals surface area contributed by atoms with E-state index in [0.717, 1.165) is 40.5 Å². The summed E-state index contributed by atoms with van der Waals surface area (Å²) in [5, 5.41) is 18.8. The van der Waals surface area contributed by atoms with Gasteiger partial charge in [0.25, 0.3) is 0 Å². The molecule has 0 atom stereocenters. The number of aliphatic hydroxyl groups excluding tert-OH is 1. The lowest BCUT2D eigenvalue weighted by molar-refractivity contribution is 0.302. The first-order valence-electron chi connectivity index (χ1n) is 11.4. The van der Waals surface area contributed by atoms with Crippen molar-refractivity contribution in [2.45, 2.75) is 41.5 Å². The molecule has 2 aromatic carbocycles. The molecule has 1 N–H and O–H groups in total. The molecule has 172 valence electrons. The number of rotatable bonds is 6. The van der Waals surface area contributed by atoms with Crippen LogP contribution in [0.1, 0.15) is 44.6 Å². The molecule has 3 aromatic rings. The van der Waals surface area contributed by atoms with Crippen molar-refractivity contribution >= 4 is 22.8 Å². The van der Waals surface area contributed by atoms with Crippen LogP contribution in [0.5, 0.6) is 0 Å². The van der Waals surface area contributed by atoms with Gasteiger partial charge in [0.1, 0.15) is 5.71 Å². The Balaban J connectivity index is 1.76. The Kier molecular flexibility index (Phi) is 6.17. The molecule has 0 fully saturated rings. The van der Waals surface area contributed by atoms with Crippen LogP contribution in [0.3, 0.4) is 0 Å². The van der Waals surface area contributed by atoms with Crippen molar-refractivity contribution in [3.8, 4) is 11.4 Å². The number of hydrogen-bond acceptors (Lipinski definition) is 6. The van der Waals surface area contributed by atoms with Gasteiger partial charge in [-0.05, 0) is 44.5 Å². The summed E-state index contributed by atoms with van der Waals surface area (Å²) in [5.74, 6) is 1.30. The van der Waals surface area contributed by atoms with Crippen LogP contribution in [-0.4, -0.2) is 51.1 Å². The zero-order valence-corrected chi connectivity index (χ0v) is 20.3. The van der Waals surface area contributed by atoms with Gasteiger partial charge in [-0.1, -0.05) is 50.6 Å². The number of aromatic nitrogens is 3. The molecular formula is C26H32N6O. The van der Waals surface area contributed by atoms with E-state index in [2.05, 4.69) is 75.8 Å². The second kappa shape index (κ2) is 8.90. The second-order valence-corrected chi connectivity index (χ2v) is 9.45. The topological polar surface area (TPSA) is 78.9 Å². The molecule has 0 unspecified atom stereocenters. The van der Waals surface area contributed by atoms with E-state index in [1.807, 2.05) is 18.2 Å². The van der Waals surface area contributed by atoms with Gasteiger partial charge in [-0.2, -0.15) is 5.10 Å². The number of aryl methyl sites for hydroxylation is 2. The molecule has 0 amide bonds. The highest BCUT2D eigenvalue weighted by Crippen LogP contribution is 2.30. The molecule has 0 bridgehead atoms. The normalized spacial score (nSPS) is 14.5. The highest BCUT2D eigenvalue weighted by Gasteiger charge is 2.35. The van der Waals surface area contributed by atoms with Crippen molar-refractivity contribution in [1.82, 2.24) is 14.9 Å². The fourth-order valence-corrected chi connectivity index (χ4v) is 3.88. The van der Waals surface area contributed by atoms with E-state index < -0.39 is 0 Å². The maximum Gasteiger partial charge on any atom is 0.204 e. The third-order valence-corrected chi connectivity index (χ3v) is 5.77. The predicted molar refractivity (Wildman–Crippen MR) is 135 cm³/mol. The summed E-state index contributed by atoms with van der Waals surface area (Å²) in [5.41, 5.74) is 6.58. The standard InChI is InChI=1S/C26H32N6O/c1-7-31(14-15-33)20-12-13-21(18(3)16-20)27-22-23(26(4,5)6)29-32-25(22)28-24(30-32)19-10-8-17(2)9-11-19/h8-13,16,33H,7,14-15H2,1-6H3/b27-22-. The molecule has 4 rings (SSSR count). The third kappa shape index (κ3) is 4.59. The van der Waals surface area contributed by atoms with Crippen LogP contribution >= 0.6 is 0 Å². The number of nitrogens with zero attached hydrogens (tertiary/aromatic N) is 6. The van der Waals surface area contributed by atoms with E-state index in [4.69, 9.17) is 15.1 Å². The lowest BCUT2D eigenvalue weighted by Gasteiger charge is -2.23. The molecule has 7 nitrogen and oxygen atoms in total. The van der Waals surface area contributed by atoms with E-state index >= 15 is 0 Å². The maximum absolute atomic E-state index is 9.35. The second-order valence-electron chi connectivity index (χ2n) is 9.45. The molecule has 7 heteroatoms. The zero-order valence-electron chi connectivity index (χ0n) is 20.3. The summed E-state index contributed by atoms with van der Waals surface area (Å²) >= 11 is 0. The van der Waals surface area contributed by atoms with E-state index in [1.165, 1.54) is 5.56 Å². The highest BCUT2D eigenvalue weighted by atomic mass is 16.3. The fourth-order valence-electron chi connectivity index (χ4n) is 3.88. The smallest absolute Gasteiger partial charge is 0.204 e. The lowest BCUT2D eigenvalue weighted by atomic mass is 9.87. The van der Waals surface area contributed by atoms with Crippen LogP contribution in [0.25, 0.3) is 11.4 Å². The Labute approximate surface area is 195 Å². The number of aliphatic hydroxyl groups is 1. The molecular weight excluding hydrogens is 412 g/mol. The summed E-state index contributed by atoms with van der Waals surface area (Å²) in [6.07, 6.45) is 0. The Morgan fingerprint density at radius 2 is 1.79 bits per heavy atom. The van der Waals surface area contributed by atoms with Crippen molar-refractivity contribution in [3.05, 3.63) is 59.4 Å². The monoisotopic (exact) mass is 444 g/mol. The Morgan fingerprint density at radius 1 is 1.06 bits per heavy atom. The van der Waals surface area contributed by atoms with Crippen LogP contribution in [0.15, 0.2) is 52.6 Å². The van der Waals surface area contributed by atoms with E-state index in [0.29, 0.717) is 18.2 Å². The largest absolute Gasteiger partial charge is 0.395 e. The molecule has 0 radical (unpaired) electrons. The first-order chi connectivity index (χ1) is 15.7. The van der Waals surface area contributed by atoms with Gasteiger partial charge in [0.05, 0.1) is 18.0 Å². The number of benzene rings is 2. The summed E-state index contributed by atoms with van der Waals surface area (Å²) in [4.78, 5) is 13.6. The van der Waals surface area contributed by atoms with Gasteiger partial charge in [0, 0.05) is 29.8 Å². The summed E-state index contributed by atoms with van der Waals surface area (Å²) in [6.45, 7) is 14.1. The average molecular weight is 445 g/mol. The minimum atomic E-state index is -0.209. The molecule has 0 spiro atoms. The van der Waals surface area contributed by atoms with Gasteiger partial charge in [-0.3, -0.25) is 0 Å². The summed E-state index contributed by atoms with van der Waals surface area (Å²) in [7, 11) is 0. The number of aliphatic imine (C=N–C) groups is 1. The number of anilines is 1. The zero-order chi connectivity index (χ0) is 23.8. The Bertz CT molecular complexity index is 1210. The molecule has 0 saturated carbocycles. The van der Waals surface area contributed by atoms with E-state index in [9.17, 15) is 5.11 Å². The van der Waals surface area contributed by atoms with Crippen molar-refractivity contribution in [2.24, 2.45) is 15.5 Å². The predicted octanol–water partition coefficient (Wildman–Crippen LogP) is 4.77. The molecule has 1 aliphatic heterocycles. The minimum Gasteiger partial charge on any atom is -0.395 e. The van der Waals surface area contributed by atoms with Crippen LogP contribution in [0.2, 0.25) is 0 Å². The van der Waals surface area contributed by atoms with Crippen LogP contribution in [0.4, 0.5) is 11.4 Å². The van der Waals surface area contributed by atoms with Crippen LogP contribution in [0, 0.1) is 19.3 Å². The summed E-state index contributed by atoms with van der Waals surface area (Å²) in [6, 6.07) is 14.4. The molecule has 1 aliphatic rings. The average Bonchev–Trinajstić information content (AvgIpc) is 3.33. The SMILES string of the molecule is CCN(CCO)c1ccc(/N=C2/C(C(C)(C)C)=Nn3nc(-c4ccc(C)cc4)nc32)c(C)c1. The van der Waals surface area contributed by atoms with Crippen molar-refractivity contribution in [2.75, 3.05) is 24.6 Å². The van der Waals surface area contributed by atoms with Crippen molar-refractivity contribution in [3.63, 3.8) is 0 Å². The quantitative estimate of drug-likeness (QED) is 0.594. The first kappa shape index (κ1) is 22.9. The van der Waals surface area contributed by atoms with Gasteiger partial charge < -0.3 is 10.0 Å². The molecule has 0 saturated heterocycles. The lowest BCUT2D eigenvalue weighted by Crippen LogP contribution is -2.27. The Morgan fingerprint density at radius 3 is 2.39 bits per heavy atom. The molecule has 33 heavy (non-hydrogen) atoms. The van der Waals surface area contributed by atoms with Crippen molar-refractivity contribution < 1.29 is 5.11 Å². The van der Waals surface area contributed by atoms with Gasteiger partial charge >= 0.3 is 0 Å². The molecule has 0 aliphatic carbocycles. The third-order valence-electron chi connectivity index (χ3n) is 5.77. The van der Waals surface area contributed by atoms with Gasteiger partial charge in [-0.15, -0.1) is 9.89 Å². The maximum atomic E-state index is 9.35. The first-order valence-corrected chi connectivity index (χ1v) is 11.4. The van der Waals surface area contributed by atoms with E-state index in [1.54, 1.807) is 4.79 Å². The molecule has 2 heterocycles. The highest BCUT2D eigenvalue weighted by molar-refractivity contribution is 6.50. The number of hydrogen-bond donors (Lipinski definition) is 1. The number of fused-ring (bicyclic) bond motifs is 1. The fraction of sp³-hybridized carbons (Fsp3) is 0.385. The number of likely N-dealkylation sites (N-methyl/N-ethyl adjacent to an activating group) is 1.